The summed E-state index contributed by atoms with van der Waals surface area (Å²) in [4.78, 5) is 10.8. The Morgan fingerprint density at radius 2 is 2.21 bits per heavy atom. The van der Waals surface area contributed by atoms with Crippen molar-refractivity contribution in [3.8, 4) is 5.75 Å². The quantitative estimate of drug-likeness (QED) is 0.793. The normalized spacial score (nSPS) is 15.2. The average molecular weight is 195 g/mol. The number of rotatable bonds is 3. The largest absolute Gasteiger partial charge is 0.490 e. The molecule has 0 atom stereocenters. The maximum Gasteiger partial charge on any atom is 0.251 e. The van der Waals surface area contributed by atoms with Crippen LogP contribution in [-0.4, -0.2) is 12.0 Å². The van der Waals surface area contributed by atoms with Crippen molar-refractivity contribution >= 4 is 5.91 Å². The third-order valence-corrected chi connectivity index (χ3v) is 2.03. The van der Waals surface area contributed by atoms with Gasteiger partial charge in [0.25, 0.3) is 5.91 Å². The van der Waals surface area contributed by atoms with Crippen molar-refractivity contribution in [1.82, 2.24) is 0 Å². The summed E-state index contributed by atoms with van der Waals surface area (Å²) < 4.78 is 18.4. The second-order valence-electron chi connectivity index (χ2n) is 3.32. The molecule has 0 unspecified atom stereocenters. The van der Waals surface area contributed by atoms with Crippen molar-refractivity contribution in [2.24, 2.45) is 5.73 Å². The van der Waals surface area contributed by atoms with Gasteiger partial charge in [-0.25, -0.2) is 4.39 Å². The van der Waals surface area contributed by atoms with E-state index in [1.165, 1.54) is 18.2 Å². The van der Waals surface area contributed by atoms with Gasteiger partial charge in [0.1, 0.15) is 11.6 Å². The number of amides is 1. The fraction of sp³-hybridized carbons (Fsp3) is 0.300. The first-order valence-corrected chi connectivity index (χ1v) is 4.43. The fourth-order valence-corrected chi connectivity index (χ4v) is 1.14. The first kappa shape index (κ1) is 8.99. The predicted octanol–water partition coefficient (Wildman–Crippen LogP) is 1.47. The van der Waals surface area contributed by atoms with Gasteiger partial charge < -0.3 is 10.5 Å². The lowest BCUT2D eigenvalue weighted by atomic mass is 10.2. The summed E-state index contributed by atoms with van der Waals surface area (Å²) in [5, 5.41) is 0. The number of primary amides is 1. The maximum atomic E-state index is 13.0. The van der Waals surface area contributed by atoms with E-state index >= 15 is 0 Å². The number of benzene rings is 1. The lowest BCUT2D eigenvalue weighted by Gasteiger charge is -2.05. The van der Waals surface area contributed by atoms with Gasteiger partial charge in [-0.2, -0.15) is 0 Å². The number of carbonyl (C=O) groups is 1. The van der Waals surface area contributed by atoms with Gasteiger partial charge in [0.05, 0.1) is 11.7 Å². The topological polar surface area (TPSA) is 52.3 Å². The molecule has 74 valence electrons. The van der Waals surface area contributed by atoms with Crippen LogP contribution in [0.3, 0.4) is 0 Å². The van der Waals surface area contributed by atoms with Gasteiger partial charge in [0, 0.05) is 0 Å². The number of carbonyl (C=O) groups excluding carboxylic acids is 1. The summed E-state index contributed by atoms with van der Waals surface area (Å²) >= 11 is 0. The Morgan fingerprint density at radius 3 is 2.79 bits per heavy atom. The summed E-state index contributed by atoms with van der Waals surface area (Å²) in [7, 11) is 0. The van der Waals surface area contributed by atoms with E-state index in [1.807, 2.05) is 0 Å². The summed E-state index contributed by atoms with van der Waals surface area (Å²) in [6.45, 7) is 0. The smallest absolute Gasteiger partial charge is 0.251 e. The summed E-state index contributed by atoms with van der Waals surface area (Å²) in [6, 6.07) is 4.04. The van der Waals surface area contributed by atoms with Gasteiger partial charge in [0.15, 0.2) is 0 Å². The van der Waals surface area contributed by atoms with Crippen molar-refractivity contribution in [3.05, 3.63) is 29.6 Å². The van der Waals surface area contributed by atoms with E-state index in [-0.39, 0.29) is 11.7 Å². The Kier molecular flexibility index (Phi) is 2.11. The second kappa shape index (κ2) is 3.29. The average Bonchev–Trinajstić information content (AvgIpc) is 2.92. The Bertz CT molecular complexity index is 374. The Balaban J connectivity index is 2.24. The van der Waals surface area contributed by atoms with Crippen molar-refractivity contribution < 1.29 is 13.9 Å². The molecule has 2 N–H and O–H groups in total. The van der Waals surface area contributed by atoms with E-state index < -0.39 is 11.7 Å². The van der Waals surface area contributed by atoms with Crippen molar-refractivity contribution in [2.75, 3.05) is 0 Å². The van der Waals surface area contributed by atoms with E-state index in [9.17, 15) is 9.18 Å². The number of hydrogen-bond donors (Lipinski definition) is 1. The van der Waals surface area contributed by atoms with Crippen LogP contribution >= 0.6 is 0 Å². The van der Waals surface area contributed by atoms with Gasteiger partial charge in [-0.15, -0.1) is 0 Å². The predicted molar refractivity (Wildman–Crippen MR) is 48.6 cm³/mol. The van der Waals surface area contributed by atoms with Crippen LogP contribution in [0.25, 0.3) is 0 Å². The van der Waals surface area contributed by atoms with Crippen LogP contribution in [0.15, 0.2) is 18.2 Å². The molecule has 1 amide bonds. The molecule has 4 heteroatoms. The van der Waals surface area contributed by atoms with Crippen LogP contribution in [0.4, 0.5) is 4.39 Å². The van der Waals surface area contributed by atoms with Crippen molar-refractivity contribution in [1.29, 1.82) is 0 Å². The minimum absolute atomic E-state index is 0.122. The maximum absolute atomic E-state index is 13.0. The van der Waals surface area contributed by atoms with Crippen LogP contribution in [0, 0.1) is 5.82 Å². The molecule has 0 saturated heterocycles. The van der Waals surface area contributed by atoms with Crippen molar-refractivity contribution in [2.45, 2.75) is 18.9 Å². The first-order chi connectivity index (χ1) is 6.66. The Labute approximate surface area is 80.7 Å². The van der Waals surface area contributed by atoms with Crippen LogP contribution < -0.4 is 10.5 Å². The molecule has 0 spiro atoms. The molecule has 2 rings (SSSR count). The molecule has 0 bridgehead atoms. The number of hydrogen-bond acceptors (Lipinski definition) is 2. The van der Waals surface area contributed by atoms with Gasteiger partial charge in [-0.3, -0.25) is 4.79 Å². The molecule has 3 nitrogen and oxygen atoms in total. The summed E-state index contributed by atoms with van der Waals surface area (Å²) in [6.07, 6.45) is 2.26. The highest BCUT2D eigenvalue weighted by atomic mass is 19.1. The number of halogens is 1. The van der Waals surface area contributed by atoms with E-state index in [2.05, 4.69) is 0 Å². The molecule has 0 aromatic heterocycles. The van der Waals surface area contributed by atoms with Crippen LogP contribution in [-0.2, 0) is 0 Å². The molecule has 1 aliphatic rings. The number of ether oxygens (including phenoxy) is 1. The minimum atomic E-state index is -0.774. The molecular formula is C10H10FNO2. The third kappa shape index (κ3) is 1.84. The van der Waals surface area contributed by atoms with E-state index in [0.717, 1.165) is 12.8 Å². The molecule has 1 aromatic rings. The van der Waals surface area contributed by atoms with Crippen molar-refractivity contribution in [3.63, 3.8) is 0 Å². The van der Waals surface area contributed by atoms with Gasteiger partial charge in [-0.05, 0) is 31.0 Å². The Morgan fingerprint density at radius 1 is 1.50 bits per heavy atom. The fourth-order valence-electron chi connectivity index (χ4n) is 1.14. The zero-order valence-electron chi connectivity index (χ0n) is 7.50. The van der Waals surface area contributed by atoms with Gasteiger partial charge in [-0.1, -0.05) is 0 Å². The SMILES string of the molecule is NC(=O)c1cc(OC2CC2)ccc1F. The van der Waals surface area contributed by atoms with Crippen LogP contribution in [0.1, 0.15) is 23.2 Å². The summed E-state index contributed by atoms with van der Waals surface area (Å²) in [5.41, 5.74) is 4.87. The molecule has 1 aliphatic carbocycles. The molecule has 1 aromatic carbocycles. The monoisotopic (exact) mass is 195 g/mol. The van der Waals surface area contributed by atoms with Crippen LogP contribution in [0.2, 0.25) is 0 Å². The molecule has 1 saturated carbocycles. The zero-order chi connectivity index (χ0) is 10.1. The second-order valence-corrected chi connectivity index (χ2v) is 3.32. The molecule has 1 fully saturated rings. The van der Waals surface area contributed by atoms with Gasteiger partial charge in [0.2, 0.25) is 0 Å². The Hall–Kier alpha value is -1.58. The highest BCUT2D eigenvalue weighted by molar-refractivity contribution is 5.93. The van der Waals surface area contributed by atoms with E-state index in [4.69, 9.17) is 10.5 Å². The lowest BCUT2D eigenvalue weighted by Crippen LogP contribution is -2.13. The van der Waals surface area contributed by atoms with E-state index in [0.29, 0.717) is 5.75 Å². The minimum Gasteiger partial charge on any atom is -0.490 e. The zero-order valence-corrected chi connectivity index (χ0v) is 7.50. The molecule has 0 radical (unpaired) electrons. The van der Waals surface area contributed by atoms with Crippen LogP contribution in [0.5, 0.6) is 5.75 Å². The molecule has 14 heavy (non-hydrogen) atoms. The molecular weight excluding hydrogens is 185 g/mol. The van der Waals surface area contributed by atoms with Gasteiger partial charge >= 0.3 is 0 Å². The summed E-state index contributed by atoms with van der Waals surface area (Å²) in [5.74, 6) is -0.882. The number of nitrogens with two attached hydrogens (primary N) is 1. The highest BCUT2D eigenvalue weighted by Crippen LogP contribution is 2.27. The third-order valence-electron chi connectivity index (χ3n) is 2.03. The molecule has 0 aliphatic heterocycles. The standard InChI is InChI=1S/C10H10FNO2/c11-9-4-3-7(14-6-1-2-6)5-8(9)10(12)13/h3-6H,1-2H2,(H2,12,13). The first-order valence-electron chi connectivity index (χ1n) is 4.43. The lowest BCUT2D eigenvalue weighted by molar-refractivity contribution is 0.0996. The highest BCUT2D eigenvalue weighted by Gasteiger charge is 2.24. The molecule has 0 heterocycles. The van der Waals surface area contributed by atoms with E-state index in [1.54, 1.807) is 0 Å².